The van der Waals surface area contributed by atoms with Gasteiger partial charge >= 0.3 is 0 Å². The summed E-state index contributed by atoms with van der Waals surface area (Å²) in [6.07, 6.45) is 1.57. The number of nitrogens with zero attached hydrogens (tertiary/aromatic N) is 1. The summed E-state index contributed by atoms with van der Waals surface area (Å²) in [4.78, 5) is 26.2. The van der Waals surface area contributed by atoms with Crippen molar-refractivity contribution in [2.24, 2.45) is 0 Å². The molecule has 1 heterocycles. The number of hydrogen-bond acceptors (Lipinski definition) is 5. The molecule has 0 aliphatic carbocycles. The maximum atomic E-state index is 14.0. The van der Waals surface area contributed by atoms with Crippen LogP contribution in [0.1, 0.15) is 11.1 Å². The Morgan fingerprint density at radius 1 is 1.21 bits per heavy atom. The molecule has 0 atom stereocenters. The number of methoxy groups -OCH3 is 2. The van der Waals surface area contributed by atoms with Crippen molar-refractivity contribution < 1.29 is 23.5 Å². The molecular weight excluding hydrogens is 473 g/mol. The fraction of sp³-hybridized carbons (Fsp3) is 0.158. The van der Waals surface area contributed by atoms with Crippen LogP contribution in [-0.4, -0.2) is 30.3 Å². The van der Waals surface area contributed by atoms with Gasteiger partial charge in [-0.15, -0.1) is 0 Å². The normalized spacial score (nSPS) is 15.5. The van der Waals surface area contributed by atoms with Gasteiger partial charge in [0.2, 0.25) is 0 Å². The summed E-state index contributed by atoms with van der Waals surface area (Å²) in [5, 5.41) is -0.335. The topological polar surface area (TPSA) is 55.8 Å². The lowest BCUT2D eigenvalue weighted by molar-refractivity contribution is -0.123. The first-order valence-electron chi connectivity index (χ1n) is 7.95. The van der Waals surface area contributed by atoms with E-state index in [0.717, 1.165) is 16.7 Å². The molecular formula is C19H14BrClFNO4S. The van der Waals surface area contributed by atoms with Gasteiger partial charge in [0.15, 0.2) is 11.5 Å². The third kappa shape index (κ3) is 4.04. The Morgan fingerprint density at radius 3 is 2.54 bits per heavy atom. The van der Waals surface area contributed by atoms with Gasteiger partial charge in [-0.1, -0.05) is 33.6 Å². The molecule has 1 saturated heterocycles. The second-order valence-corrected chi connectivity index (χ2v) is 7.95. The summed E-state index contributed by atoms with van der Waals surface area (Å²) in [6, 6.07) is 7.59. The molecule has 0 unspecified atom stereocenters. The number of thioether (sulfide) groups is 1. The van der Waals surface area contributed by atoms with Crippen molar-refractivity contribution >= 4 is 56.5 Å². The van der Waals surface area contributed by atoms with Gasteiger partial charge in [0.1, 0.15) is 5.82 Å². The number of halogens is 3. The van der Waals surface area contributed by atoms with Gasteiger partial charge in [-0.25, -0.2) is 4.39 Å². The molecule has 0 saturated carbocycles. The minimum absolute atomic E-state index is 0.0972. The van der Waals surface area contributed by atoms with E-state index in [2.05, 4.69) is 15.9 Å². The summed E-state index contributed by atoms with van der Waals surface area (Å²) in [6.45, 7) is -0.235. The maximum absolute atomic E-state index is 14.0. The Morgan fingerprint density at radius 2 is 1.89 bits per heavy atom. The summed E-state index contributed by atoms with van der Waals surface area (Å²) in [5.74, 6) is -0.0858. The summed E-state index contributed by atoms with van der Waals surface area (Å²) >= 11 is 10.2. The number of imide groups is 1. The minimum Gasteiger partial charge on any atom is -0.493 e. The summed E-state index contributed by atoms with van der Waals surface area (Å²) < 4.78 is 25.2. The maximum Gasteiger partial charge on any atom is 0.293 e. The summed E-state index contributed by atoms with van der Waals surface area (Å²) in [5.41, 5.74) is 0.729. The molecule has 28 heavy (non-hydrogen) atoms. The van der Waals surface area contributed by atoms with E-state index in [4.69, 9.17) is 21.1 Å². The average molecular weight is 487 g/mol. The fourth-order valence-corrected chi connectivity index (χ4v) is 4.09. The highest BCUT2D eigenvalue weighted by molar-refractivity contribution is 9.10. The zero-order valence-electron chi connectivity index (χ0n) is 14.8. The number of ether oxygens (including phenoxy) is 2. The van der Waals surface area contributed by atoms with Crippen LogP contribution in [0.2, 0.25) is 5.02 Å². The van der Waals surface area contributed by atoms with Crippen molar-refractivity contribution in [3.8, 4) is 11.5 Å². The van der Waals surface area contributed by atoms with E-state index < -0.39 is 17.0 Å². The van der Waals surface area contributed by atoms with E-state index in [1.54, 1.807) is 18.2 Å². The average Bonchev–Trinajstić information content (AvgIpc) is 2.93. The van der Waals surface area contributed by atoms with Crippen LogP contribution in [0.3, 0.4) is 0 Å². The third-order valence-electron chi connectivity index (χ3n) is 4.04. The molecule has 1 fully saturated rings. The van der Waals surface area contributed by atoms with Crippen molar-refractivity contribution in [1.29, 1.82) is 0 Å². The van der Waals surface area contributed by atoms with Crippen LogP contribution in [-0.2, 0) is 11.3 Å². The van der Waals surface area contributed by atoms with E-state index >= 15 is 0 Å². The Bertz CT molecular complexity index is 978. The molecule has 146 valence electrons. The zero-order valence-corrected chi connectivity index (χ0v) is 18.0. The smallest absolute Gasteiger partial charge is 0.293 e. The van der Waals surface area contributed by atoms with Gasteiger partial charge in [0.05, 0.1) is 25.7 Å². The molecule has 0 bridgehead atoms. The monoisotopic (exact) mass is 485 g/mol. The standard InChI is InChI=1S/C19H14BrClFNO4S/c1-26-15-6-10(12(20)8-16(15)27-2)7-17-18(24)23(19(25)28-17)9-11-13(21)4-3-5-14(11)22/h3-8H,9H2,1-2H3/b17-7-. The van der Waals surface area contributed by atoms with E-state index in [9.17, 15) is 14.0 Å². The van der Waals surface area contributed by atoms with Crippen LogP contribution in [0, 0.1) is 5.82 Å². The van der Waals surface area contributed by atoms with Crippen LogP contribution >= 0.6 is 39.3 Å². The molecule has 0 spiro atoms. The molecule has 1 aliphatic rings. The van der Waals surface area contributed by atoms with Gasteiger partial charge in [-0.05, 0) is 47.7 Å². The first kappa shape index (κ1) is 20.7. The number of carbonyl (C=O) groups is 2. The first-order valence-corrected chi connectivity index (χ1v) is 9.94. The van der Waals surface area contributed by atoms with Crippen LogP contribution in [0.5, 0.6) is 11.5 Å². The Balaban J connectivity index is 1.92. The molecule has 2 aromatic rings. The van der Waals surface area contributed by atoms with E-state index in [1.807, 2.05) is 0 Å². The molecule has 9 heteroatoms. The van der Waals surface area contributed by atoms with Crippen LogP contribution in [0.25, 0.3) is 6.08 Å². The minimum atomic E-state index is -0.571. The second kappa shape index (κ2) is 8.55. The van der Waals surface area contributed by atoms with Gasteiger partial charge in [0.25, 0.3) is 11.1 Å². The number of benzene rings is 2. The van der Waals surface area contributed by atoms with Crippen LogP contribution in [0.15, 0.2) is 39.7 Å². The number of amides is 2. The van der Waals surface area contributed by atoms with Crippen molar-refractivity contribution in [3.63, 3.8) is 0 Å². The Labute approximate surface area is 178 Å². The van der Waals surface area contributed by atoms with E-state index in [-0.39, 0.29) is 22.0 Å². The zero-order chi connectivity index (χ0) is 20.4. The quantitative estimate of drug-likeness (QED) is 0.523. The SMILES string of the molecule is COc1cc(Br)c(/C=C2\SC(=O)N(Cc3c(F)cccc3Cl)C2=O)cc1OC. The lowest BCUT2D eigenvalue weighted by atomic mass is 10.1. The largest absolute Gasteiger partial charge is 0.493 e. The fourth-order valence-electron chi connectivity index (χ4n) is 2.60. The Kier molecular flexibility index (Phi) is 6.32. The highest BCUT2D eigenvalue weighted by atomic mass is 79.9. The summed E-state index contributed by atoms with van der Waals surface area (Å²) in [7, 11) is 3.02. The van der Waals surface area contributed by atoms with Gasteiger partial charge in [-0.2, -0.15) is 0 Å². The predicted octanol–water partition coefficient (Wildman–Crippen LogP) is 5.50. The van der Waals surface area contributed by atoms with E-state index in [1.165, 1.54) is 32.4 Å². The molecule has 5 nitrogen and oxygen atoms in total. The van der Waals surface area contributed by atoms with Crippen molar-refractivity contribution in [2.75, 3.05) is 14.2 Å². The lowest BCUT2D eigenvalue weighted by Crippen LogP contribution is -2.28. The van der Waals surface area contributed by atoms with Crippen molar-refractivity contribution in [3.05, 3.63) is 61.7 Å². The first-order chi connectivity index (χ1) is 13.3. The van der Waals surface area contributed by atoms with E-state index in [0.29, 0.717) is 21.5 Å². The molecule has 3 rings (SSSR count). The molecule has 2 aromatic carbocycles. The van der Waals surface area contributed by atoms with Crippen LogP contribution in [0.4, 0.5) is 9.18 Å². The van der Waals surface area contributed by atoms with Gasteiger partial charge < -0.3 is 9.47 Å². The van der Waals surface area contributed by atoms with Crippen molar-refractivity contribution in [2.45, 2.75) is 6.54 Å². The number of carbonyl (C=O) groups excluding carboxylic acids is 2. The molecule has 0 radical (unpaired) electrons. The Hall–Kier alpha value is -2.03. The number of hydrogen-bond donors (Lipinski definition) is 0. The lowest BCUT2D eigenvalue weighted by Gasteiger charge is -2.14. The van der Waals surface area contributed by atoms with Crippen molar-refractivity contribution in [1.82, 2.24) is 4.90 Å². The molecule has 0 N–H and O–H groups in total. The predicted molar refractivity (Wildman–Crippen MR) is 110 cm³/mol. The van der Waals surface area contributed by atoms with Gasteiger partial charge in [0, 0.05) is 15.1 Å². The second-order valence-electron chi connectivity index (χ2n) is 5.70. The highest BCUT2D eigenvalue weighted by Gasteiger charge is 2.36. The number of rotatable bonds is 5. The highest BCUT2D eigenvalue weighted by Crippen LogP contribution is 2.38. The van der Waals surface area contributed by atoms with Gasteiger partial charge in [-0.3, -0.25) is 14.5 Å². The molecule has 1 aliphatic heterocycles. The molecule has 0 aromatic heterocycles. The van der Waals surface area contributed by atoms with Crippen LogP contribution < -0.4 is 9.47 Å². The third-order valence-corrected chi connectivity index (χ3v) is 5.99. The molecule has 2 amide bonds.